The molecule has 2 fully saturated rings. The van der Waals surface area contributed by atoms with Gasteiger partial charge in [-0.25, -0.2) is 0 Å². The fraction of sp³-hybridized carbons (Fsp3) is 1.00. The van der Waals surface area contributed by atoms with Gasteiger partial charge in [0.2, 0.25) is 0 Å². The van der Waals surface area contributed by atoms with E-state index in [0.29, 0.717) is 5.41 Å². The van der Waals surface area contributed by atoms with Crippen molar-refractivity contribution < 1.29 is 9.84 Å². The molecule has 1 saturated heterocycles. The van der Waals surface area contributed by atoms with Gasteiger partial charge in [0.25, 0.3) is 0 Å². The number of aliphatic hydroxyl groups is 1. The first-order valence-corrected chi connectivity index (χ1v) is 7.32. The monoisotopic (exact) mass is 256 g/mol. The summed E-state index contributed by atoms with van der Waals surface area (Å²) >= 11 is 0. The van der Waals surface area contributed by atoms with E-state index in [0.717, 1.165) is 38.7 Å². The van der Waals surface area contributed by atoms with E-state index in [1.54, 1.807) is 0 Å². The molecule has 3 atom stereocenters. The predicted molar refractivity (Wildman–Crippen MR) is 72.4 cm³/mol. The van der Waals surface area contributed by atoms with Crippen LogP contribution in [0.1, 0.15) is 32.6 Å². The van der Waals surface area contributed by atoms with Gasteiger partial charge in [-0.3, -0.25) is 4.90 Å². The van der Waals surface area contributed by atoms with Crippen molar-refractivity contribution in [2.45, 2.75) is 38.7 Å². The Kier molecular flexibility index (Phi) is 5.01. The lowest BCUT2D eigenvalue weighted by atomic mass is 9.69. The van der Waals surface area contributed by atoms with Crippen molar-refractivity contribution >= 4 is 0 Å². The third-order valence-electron chi connectivity index (χ3n) is 4.60. The molecule has 3 unspecified atom stereocenters. The Labute approximate surface area is 110 Å². The van der Waals surface area contributed by atoms with Gasteiger partial charge in [0, 0.05) is 19.6 Å². The van der Waals surface area contributed by atoms with E-state index in [1.165, 1.54) is 25.7 Å². The third-order valence-corrected chi connectivity index (χ3v) is 4.60. The Morgan fingerprint density at radius 3 is 3.00 bits per heavy atom. The topological polar surface area (TPSA) is 58.7 Å². The van der Waals surface area contributed by atoms with Crippen LogP contribution in [0.5, 0.6) is 0 Å². The quantitative estimate of drug-likeness (QED) is 0.782. The van der Waals surface area contributed by atoms with Crippen LogP contribution in [0.25, 0.3) is 0 Å². The zero-order valence-corrected chi connectivity index (χ0v) is 11.6. The number of nitrogens with zero attached hydrogens (tertiary/aromatic N) is 1. The number of rotatable bonds is 4. The first kappa shape index (κ1) is 14.3. The van der Waals surface area contributed by atoms with Gasteiger partial charge in [0.05, 0.1) is 19.3 Å². The van der Waals surface area contributed by atoms with Crippen molar-refractivity contribution in [3.05, 3.63) is 0 Å². The van der Waals surface area contributed by atoms with Crippen molar-refractivity contribution in [2.75, 3.05) is 39.4 Å². The number of hydrogen-bond donors (Lipinski definition) is 2. The van der Waals surface area contributed by atoms with Crippen molar-refractivity contribution in [1.29, 1.82) is 0 Å². The van der Waals surface area contributed by atoms with Gasteiger partial charge in [-0.2, -0.15) is 0 Å². The standard InChI is InChI=1S/C14H28N2O2/c1-12-3-2-4-14(7-12,10-15)11-16-5-6-18-13(8-16)9-17/h12-13,17H,2-11,15H2,1H3. The van der Waals surface area contributed by atoms with Crippen molar-refractivity contribution in [1.82, 2.24) is 4.90 Å². The zero-order valence-electron chi connectivity index (χ0n) is 11.6. The molecule has 1 heterocycles. The second-order valence-electron chi connectivity index (χ2n) is 6.32. The first-order chi connectivity index (χ1) is 8.67. The highest BCUT2D eigenvalue weighted by atomic mass is 16.5. The van der Waals surface area contributed by atoms with E-state index in [-0.39, 0.29) is 12.7 Å². The maximum Gasteiger partial charge on any atom is 0.0932 e. The smallest absolute Gasteiger partial charge is 0.0932 e. The third kappa shape index (κ3) is 3.44. The highest BCUT2D eigenvalue weighted by molar-refractivity contribution is 4.90. The first-order valence-electron chi connectivity index (χ1n) is 7.32. The second kappa shape index (κ2) is 6.33. The number of nitrogens with two attached hydrogens (primary N) is 1. The molecule has 106 valence electrons. The molecular formula is C14H28N2O2. The molecule has 0 bridgehead atoms. The largest absolute Gasteiger partial charge is 0.394 e. The molecule has 3 N–H and O–H groups in total. The van der Waals surface area contributed by atoms with Crippen LogP contribution in [-0.2, 0) is 4.74 Å². The van der Waals surface area contributed by atoms with E-state index >= 15 is 0 Å². The van der Waals surface area contributed by atoms with Crippen LogP contribution in [0.3, 0.4) is 0 Å². The number of ether oxygens (including phenoxy) is 1. The molecule has 4 heteroatoms. The van der Waals surface area contributed by atoms with Crippen LogP contribution < -0.4 is 5.73 Å². The summed E-state index contributed by atoms with van der Waals surface area (Å²) in [6, 6.07) is 0. The molecule has 1 saturated carbocycles. The average Bonchev–Trinajstić information content (AvgIpc) is 2.39. The molecule has 2 rings (SSSR count). The van der Waals surface area contributed by atoms with E-state index in [1.807, 2.05) is 0 Å². The molecule has 1 aliphatic carbocycles. The van der Waals surface area contributed by atoms with Gasteiger partial charge >= 0.3 is 0 Å². The Balaban J connectivity index is 1.92. The van der Waals surface area contributed by atoms with E-state index in [2.05, 4.69) is 11.8 Å². The molecule has 0 aromatic rings. The SMILES string of the molecule is CC1CCCC(CN)(CN2CCOC(CO)C2)C1. The predicted octanol–water partition coefficient (Wildman–Crippen LogP) is 0.835. The number of morpholine rings is 1. The van der Waals surface area contributed by atoms with Gasteiger partial charge in [-0.15, -0.1) is 0 Å². The van der Waals surface area contributed by atoms with Crippen LogP contribution in [0.15, 0.2) is 0 Å². The Morgan fingerprint density at radius 2 is 2.33 bits per heavy atom. The molecule has 0 aromatic heterocycles. The summed E-state index contributed by atoms with van der Waals surface area (Å²) in [4.78, 5) is 2.44. The fourth-order valence-corrected chi connectivity index (χ4v) is 3.67. The molecule has 0 aromatic carbocycles. The van der Waals surface area contributed by atoms with Gasteiger partial charge in [0.1, 0.15) is 0 Å². The van der Waals surface area contributed by atoms with E-state index in [9.17, 15) is 5.11 Å². The van der Waals surface area contributed by atoms with Crippen molar-refractivity contribution in [3.8, 4) is 0 Å². The average molecular weight is 256 g/mol. The second-order valence-corrected chi connectivity index (χ2v) is 6.32. The zero-order chi connectivity index (χ0) is 13.0. The van der Waals surface area contributed by atoms with Gasteiger partial charge in [-0.1, -0.05) is 19.8 Å². The minimum Gasteiger partial charge on any atom is -0.394 e. The summed E-state index contributed by atoms with van der Waals surface area (Å²) in [5.41, 5.74) is 6.38. The normalized spacial score (nSPS) is 38.8. The van der Waals surface area contributed by atoms with Crippen LogP contribution in [-0.4, -0.2) is 55.5 Å². The highest BCUT2D eigenvalue weighted by Crippen LogP contribution is 2.39. The van der Waals surface area contributed by atoms with Crippen LogP contribution >= 0.6 is 0 Å². The summed E-state index contributed by atoms with van der Waals surface area (Å²) in [6.45, 7) is 6.91. The molecule has 0 spiro atoms. The minimum absolute atomic E-state index is 0.00501. The maximum absolute atomic E-state index is 9.20. The van der Waals surface area contributed by atoms with Crippen LogP contribution in [0.2, 0.25) is 0 Å². The molecule has 4 nitrogen and oxygen atoms in total. The molecule has 2 aliphatic rings. The molecule has 18 heavy (non-hydrogen) atoms. The van der Waals surface area contributed by atoms with Crippen LogP contribution in [0.4, 0.5) is 0 Å². The fourth-order valence-electron chi connectivity index (χ4n) is 3.67. The van der Waals surface area contributed by atoms with E-state index < -0.39 is 0 Å². The van der Waals surface area contributed by atoms with Crippen molar-refractivity contribution in [3.63, 3.8) is 0 Å². The lowest BCUT2D eigenvalue weighted by Crippen LogP contribution is -2.51. The van der Waals surface area contributed by atoms with Gasteiger partial charge in [-0.05, 0) is 30.7 Å². The lowest BCUT2D eigenvalue weighted by Gasteiger charge is -2.44. The maximum atomic E-state index is 9.20. The lowest BCUT2D eigenvalue weighted by molar-refractivity contribution is -0.0662. The summed E-state index contributed by atoms with van der Waals surface area (Å²) in [7, 11) is 0. The van der Waals surface area contributed by atoms with Crippen molar-refractivity contribution in [2.24, 2.45) is 17.1 Å². The molecule has 0 amide bonds. The Hall–Kier alpha value is -0.160. The molecule has 0 radical (unpaired) electrons. The van der Waals surface area contributed by atoms with Gasteiger partial charge < -0.3 is 15.6 Å². The summed E-state index contributed by atoms with van der Waals surface area (Å²) in [5, 5.41) is 9.20. The Morgan fingerprint density at radius 1 is 1.50 bits per heavy atom. The van der Waals surface area contributed by atoms with Gasteiger partial charge in [0.15, 0.2) is 0 Å². The molecular weight excluding hydrogens is 228 g/mol. The summed E-state index contributed by atoms with van der Waals surface area (Å²) < 4.78 is 5.51. The number of aliphatic hydroxyl groups excluding tert-OH is 1. The Bertz CT molecular complexity index is 262. The highest BCUT2D eigenvalue weighted by Gasteiger charge is 2.36. The summed E-state index contributed by atoms with van der Waals surface area (Å²) in [5.74, 6) is 0.803. The van der Waals surface area contributed by atoms with E-state index in [4.69, 9.17) is 10.5 Å². The summed E-state index contributed by atoms with van der Waals surface area (Å²) in [6.07, 6.45) is 5.17. The minimum atomic E-state index is -0.00501. The van der Waals surface area contributed by atoms with Crippen LogP contribution in [0, 0.1) is 11.3 Å². The number of hydrogen-bond acceptors (Lipinski definition) is 4. The molecule has 1 aliphatic heterocycles.